The maximum atomic E-state index is 12.9. The Labute approximate surface area is 122 Å². The molecule has 1 aromatic rings. The molecule has 4 heteroatoms. The fourth-order valence-corrected chi connectivity index (χ4v) is 2.95. The number of nitrogens with one attached hydrogen (secondary N) is 1. The van der Waals surface area contributed by atoms with Crippen molar-refractivity contribution in [1.29, 1.82) is 0 Å². The maximum absolute atomic E-state index is 12.9. The molecule has 1 aliphatic rings. The third-order valence-corrected chi connectivity index (χ3v) is 4.32. The molecule has 0 unspecified atom stereocenters. The summed E-state index contributed by atoms with van der Waals surface area (Å²) in [6.45, 7) is 3.77. The quantitative estimate of drug-likeness (QED) is 0.820. The van der Waals surface area contributed by atoms with E-state index in [9.17, 15) is 4.39 Å². The Hall–Kier alpha value is -0.610. The first kappa shape index (κ1) is 14.8. The van der Waals surface area contributed by atoms with Gasteiger partial charge in [0.1, 0.15) is 18.2 Å². The molecule has 0 aliphatic heterocycles. The van der Waals surface area contributed by atoms with Gasteiger partial charge in [0.25, 0.3) is 0 Å². The molecule has 0 spiro atoms. The van der Waals surface area contributed by atoms with E-state index in [0.29, 0.717) is 22.9 Å². The van der Waals surface area contributed by atoms with Crippen LogP contribution in [0.2, 0.25) is 0 Å². The van der Waals surface area contributed by atoms with Crippen LogP contribution in [-0.2, 0) is 0 Å². The molecule has 2 nitrogen and oxygen atoms in total. The molecule has 0 heterocycles. The van der Waals surface area contributed by atoms with E-state index >= 15 is 0 Å². The normalized spacial score (nSPS) is 23.3. The molecule has 2 rings (SSSR count). The SMILES string of the molecule is CC1CCC(NCCOc2ccc(F)cc2Br)CC1. The lowest BCUT2D eigenvalue weighted by Gasteiger charge is -2.27. The maximum Gasteiger partial charge on any atom is 0.133 e. The van der Waals surface area contributed by atoms with E-state index in [0.717, 1.165) is 12.5 Å². The van der Waals surface area contributed by atoms with Gasteiger partial charge in [0.15, 0.2) is 0 Å². The van der Waals surface area contributed by atoms with Crippen LogP contribution in [0.1, 0.15) is 32.6 Å². The second kappa shape index (κ2) is 7.25. The molecule has 106 valence electrons. The van der Waals surface area contributed by atoms with Crippen LogP contribution in [-0.4, -0.2) is 19.2 Å². The van der Waals surface area contributed by atoms with Crippen LogP contribution in [0.15, 0.2) is 22.7 Å². The van der Waals surface area contributed by atoms with E-state index in [1.54, 1.807) is 6.07 Å². The van der Waals surface area contributed by atoms with Gasteiger partial charge in [-0.2, -0.15) is 0 Å². The minimum absolute atomic E-state index is 0.256. The van der Waals surface area contributed by atoms with Crippen LogP contribution >= 0.6 is 15.9 Å². The zero-order valence-electron chi connectivity index (χ0n) is 11.3. The fraction of sp³-hybridized carbons (Fsp3) is 0.600. The van der Waals surface area contributed by atoms with Gasteiger partial charge in [0, 0.05) is 12.6 Å². The Morgan fingerprint density at radius 3 is 2.74 bits per heavy atom. The summed E-state index contributed by atoms with van der Waals surface area (Å²) in [5.41, 5.74) is 0. The van der Waals surface area contributed by atoms with Gasteiger partial charge in [-0.25, -0.2) is 4.39 Å². The largest absolute Gasteiger partial charge is 0.491 e. The van der Waals surface area contributed by atoms with E-state index in [1.807, 2.05) is 0 Å². The van der Waals surface area contributed by atoms with Crippen molar-refractivity contribution in [3.8, 4) is 5.75 Å². The molecule has 1 aliphatic carbocycles. The molecular formula is C15H21BrFNO. The topological polar surface area (TPSA) is 21.3 Å². The van der Waals surface area contributed by atoms with Crippen LogP contribution in [0.4, 0.5) is 4.39 Å². The van der Waals surface area contributed by atoms with Crippen LogP contribution in [0.5, 0.6) is 5.75 Å². The molecule has 1 N–H and O–H groups in total. The lowest BCUT2D eigenvalue weighted by Crippen LogP contribution is -2.35. The Morgan fingerprint density at radius 1 is 1.32 bits per heavy atom. The highest BCUT2D eigenvalue weighted by molar-refractivity contribution is 9.10. The van der Waals surface area contributed by atoms with Gasteiger partial charge in [0.05, 0.1) is 4.47 Å². The lowest BCUT2D eigenvalue weighted by molar-refractivity contribution is 0.269. The summed E-state index contributed by atoms with van der Waals surface area (Å²) in [7, 11) is 0. The van der Waals surface area contributed by atoms with Gasteiger partial charge in [-0.15, -0.1) is 0 Å². The van der Waals surface area contributed by atoms with Gasteiger partial charge in [-0.3, -0.25) is 0 Å². The van der Waals surface area contributed by atoms with Gasteiger partial charge < -0.3 is 10.1 Å². The van der Waals surface area contributed by atoms with Crippen LogP contribution in [0.3, 0.4) is 0 Å². The smallest absolute Gasteiger partial charge is 0.133 e. The predicted molar refractivity (Wildman–Crippen MR) is 79.0 cm³/mol. The van der Waals surface area contributed by atoms with Crippen LogP contribution < -0.4 is 10.1 Å². The zero-order valence-corrected chi connectivity index (χ0v) is 12.9. The highest BCUT2D eigenvalue weighted by Gasteiger charge is 2.17. The molecule has 1 saturated carbocycles. The van der Waals surface area contributed by atoms with Gasteiger partial charge in [-0.1, -0.05) is 6.92 Å². The minimum Gasteiger partial charge on any atom is -0.491 e. The van der Waals surface area contributed by atoms with E-state index < -0.39 is 0 Å². The monoisotopic (exact) mass is 329 g/mol. The third-order valence-electron chi connectivity index (χ3n) is 3.70. The molecule has 1 fully saturated rings. The summed E-state index contributed by atoms with van der Waals surface area (Å²) in [5, 5.41) is 3.53. The second-order valence-electron chi connectivity index (χ2n) is 5.33. The van der Waals surface area contributed by atoms with Crippen LogP contribution in [0, 0.1) is 11.7 Å². The standard InChI is InChI=1S/C15H21BrFNO/c1-11-2-5-13(6-3-11)18-8-9-19-15-7-4-12(17)10-14(15)16/h4,7,10-11,13,18H,2-3,5-6,8-9H2,1H3. The Balaban J connectivity index is 1.66. The molecule has 0 aromatic heterocycles. The second-order valence-corrected chi connectivity index (χ2v) is 6.19. The highest BCUT2D eigenvalue weighted by atomic mass is 79.9. The number of rotatable bonds is 5. The Bertz CT molecular complexity index is 405. The van der Waals surface area contributed by atoms with Crippen molar-refractivity contribution in [1.82, 2.24) is 5.32 Å². The van der Waals surface area contributed by atoms with Crippen molar-refractivity contribution >= 4 is 15.9 Å². The van der Waals surface area contributed by atoms with Crippen molar-refractivity contribution < 1.29 is 9.13 Å². The number of ether oxygens (including phenoxy) is 1. The summed E-state index contributed by atoms with van der Waals surface area (Å²) < 4.78 is 19.2. The predicted octanol–water partition coefficient (Wildman–Crippen LogP) is 4.14. The number of hydrogen-bond acceptors (Lipinski definition) is 2. The Kier molecular flexibility index (Phi) is 5.64. The van der Waals surface area contributed by atoms with Crippen molar-refractivity contribution in [2.24, 2.45) is 5.92 Å². The number of hydrogen-bond donors (Lipinski definition) is 1. The summed E-state index contributed by atoms with van der Waals surface area (Å²) in [4.78, 5) is 0. The first-order chi connectivity index (χ1) is 9.15. The minimum atomic E-state index is -0.256. The summed E-state index contributed by atoms with van der Waals surface area (Å²) in [6.07, 6.45) is 5.17. The van der Waals surface area contributed by atoms with E-state index in [2.05, 4.69) is 28.2 Å². The van der Waals surface area contributed by atoms with E-state index in [-0.39, 0.29) is 5.82 Å². The summed E-state index contributed by atoms with van der Waals surface area (Å²) in [6, 6.07) is 5.12. The average Bonchev–Trinajstić information content (AvgIpc) is 2.39. The number of benzene rings is 1. The average molecular weight is 330 g/mol. The molecule has 0 radical (unpaired) electrons. The molecule has 19 heavy (non-hydrogen) atoms. The van der Waals surface area contributed by atoms with E-state index in [1.165, 1.54) is 37.8 Å². The Morgan fingerprint density at radius 2 is 2.05 bits per heavy atom. The molecule has 0 saturated heterocycles. The molecule has 1 aromatic carbocycles. The van der Waals surface area contributed by atoms with Gasteiger partial charge in [-0.05, 0) is 65.7 Å². The zero-order chi connectivity index (χ0) is 13.7. The van der Waals surface area contributed by atoms with Gasteiger partial charge in [0.2, 0.25) is 0 Å². The van der Waals surface area contributed by atoms with Crippen LogP contribution in [0.25, 0.3) is 0 Å². The molecular weight excluding hydrogens is 309 g/mol. The molecule has 0 amide bonds. The van der Waals surface area contributed by atoms with Crippen molar-refractivity contribution in [3.63, 3.8) is 0 Å². The third kappa shape index (κ3) is 4.77. The van der Waals surface area contributed by atoms with Crippen molar-refractivity contribution in [2.45, 2.75) is 38.6 Å². The molecule has 0 bridgehead atoms. The van der Waals surface area contributed by atoms with Crippen molar-refractivity contribution in [2.75, 3.05) is 13.2 Å². The van der Waals surface area contributed by atoms with Crippen molar-refractivity contribution in [3.05, 3.63) is 28.5 Å². The summed E-state index contributed by atoms with van der Waals surface area (Å²) >= 11 is 3.30. The first-order valence-electron chi connectivity index (χ1n) is 6.96. The lowest BCUT2D eigenvalue weighted by atomic mass is 9.87. The van der Waals surface area contributed by atoms with E-state index in [4.69, 9.17) is 4.74 Å². The fourth-order valence-electron chi connectivity index (χ4n) is 2.48. The molecule has 0 atom stereocenters. The summed E-state index contributed by atoms with van der Waals surface area (Å²) in [5.74, 6) is 1.32. The van der Waals surface area contributed by atoms with Gasteiger partial charge >= 0.3 is 0 Å². The highest BCUT2D eigenvalue weighted by Crippen LogP contribution is 2.25. The number of halogens is 2. The first-order valence-corrected chi connectivity index (χ1v) is 7.75.